The van der Waals surface area contributed by atoms with Gasteiger partial charge in [-0.15, -0.1) is 11.3 Å². The molecular formula is C15H14ClN3OS. The van der Waals surface area contributed by atoms with Gasteiger partial charge in [0.2, 0.25) is 5.28 Å². The first kappa shape index (κ1) is 14.3. The second-order valence-corrected chi connectivity index (χ2v) is 5.88. The van der Waals surface area contributed by atoms with Crippen LogP contribution in [0.1, 0.15) is 5.56 Å². The third-order valence-corrected chi connectivity index (χ3v) is 4.21. The molecule has 0 saturated heterocycles. The average Bonchev–Trinajstić information content (AvgIpc) is 2.89. The molecule has 0 fully saturated rings. The number of nitrogens with one attached hydrogen (secondary N) is 1. The molecule has 0 unspecified atom stereocenters. The van der Waals surface area contributed by atoms with Gasteiger partial charge in [-0.25, -0.2) is 9.97 Å². The van der Waals surface area contributed by atoms with Crippen LogP contribution in [0.2, 0.25) is 5.28 Å². The Balaban J connectivity index is 2.17. The third kappa shape index (κ3) is 2.85. The lowest BCUT2D eigenvalue weighted by Gasteiger charge is -2.08. The van der Waals surface area contributed by atoms with Crippen LogP contribution >= 0.6 is 22.9 Å². The first-order valence-corrected chi connectivity index (χ1v) is 7.81. The summed E-state index contributed by atoms with van der Waals surface area (Å²) >= 11 is 7.50. The molecular weight excluding hydrogens is 306 g/mol. The van der Waals surface area contributed by atoms with Crippen LogP contribution in [-0.2, 0) is 0 Å². The second kappa shape index (κ2) is 5.97. The molecule has 6 heteroatoms. The molecule has 21 heavy (non-hydrogen) atoms. The fraction of sp³-hybridized carbons (Fsp3) is 0.200. The van der Waals surface area contributed by atoms with Gasteiger partial charge in [0.25, 0.3) is 0 Å². The third-order valence-electron chi connectivity index (χ3n) is 3.17. The van der Waals surface area contributed by atoms with Gasteiger partial charge in [0, 0.05) is 17.5 Å². The highest BCUT2D eigenvalue weighted by Crippen LogP contribution is 2.37. The predicted octanol–water partition coefficient (Wildman–Crippen LogP) is 3.72. The fourth-order valence-electron chi connectivity index (χ4n) is 2.16. The van der Waals surface area contributed by atoms with Gasteiger partial charge in [-0.1, -0.05) is 29.8 Å². The van der Waals surface area contributed by atoms with E-state index in [1.165, 1.54) is 16.9 Å². The summed E-state index contributed by atoms with van der Waals surface area (Å²) in [6.45, 7) is 2.52. The van der Waals surface area contributed by atoms with Crippen LogP contribution in [0.4, 0.5) is 5.82 Å². The number of aromatic nitrogens is 2. The van der Waals surface area contributed by atoms with Crippen molar-refractivity contribution in [1.82, 2.24) is 9.97 Å². The number of aliphatic hydroxyl groups excluding tert-OH is 1. The Morgan fingerprint density at radius 3 is 2.71 bits per heavy atom. The maximum atomic E-state index is 9.00. The predicted molar refractivity (Wildman–Crippen MR) is 88.2 cm³/mol. The topological polar surface area (TPSA) is 58.0 Å². The second-order valence-electron chi connectivity index (χ2n) is 4.69. The fourth-order valence-corrected chi connectivity index (χ4v) is 3.33. The lowest BCUT2D eigenvalue weighted by molar-refractivity contribution is 0.311. The minimum Gasteiger partial charge on any atom is -0.395 e. The van der Waals surface area contributed by atoms with Crippen molar-refractivity contribution in [2.24, 2.45) is 0 Å². The number of hydrogen-bond acceptors (Lipinski definition) is 5. The summed E-state index contributed by atoms with van der Waals surface area (Å²) in [5, 5.41) is 15.3. The molecule has 3 aromatic rings. The summed E-state index contributed by atoms with van der Waals surface area (Å²) in [5.41, 5.74) is 3.41. The van der Waals surface area contributed by atoms with E-state index in [2.05, 4.69) is 51.9 Å². The molecule has 0 radical (unpaired) electrons. The molecule has 1 aromatic carbocycles. The SMILES string of the molecule is Cc1ccc(-c2csc3nc(Cl)nc(NCCO)c23)cc1. The molecule has 2 N–H and O–H groups in total. The zero-order valence-electron chi connectivity index (χ0n) is 11.4. The van der Waals surface area contributed by atoms with Crippen LogP contribution < -0.4 is 5.32 Å². The first-order valence-electron chi connectivity index (χ1n) is 6.55. The molecule has 0 aliphatic rings. The summed E-state index contributed by atoms with van der Waals surface area (Å²) < 4.78 is 0. The smallest absolute Gasteiger partial charge is 0.225 e. The number of fused-ring (bicyclic) bond motifs is 1. The first-order chi connectivity index (χ1) is 10.2. The normalized spacial score (nSPS) is 11.0. The van der Waals surface area contributed by atoms with Crippen molar-refractivity contribution in [3.05, 3.63) is 40.5 Å². The minimum atomic E-state index is 0.0348. The van der Waals surface area contributed by atoms with Crippen molar-refractivity contribution in [3.8, 4) is 11.1 Å². The van der Waals surface area contributed by atoms with Crippen molar-refractivity contribution < 1.29 is 5.11 Å². The van der Waals surface area contributed by atoms with Crippen molar-refractivity contribution in [2.75, 3.05) is 18.5 Å². The van der Waals surface area contributed by atoms with E-state index in [-0.39, 0.29) is 11.9 Å². The number of nitrogens with zero attached hydrogens (tertiary/aromatic N) is 2. The highest BCUT2D eigenvalue weighted by molar-refractivity contribution is 7.17. The number of benzene rings is 1. The number of aliphatic hydroxyl groups is 1. The molecule has 108 valence electrons. The number of thiophene rings is 1. The molecule has 3 rings (SSSR count). The van der Waals surface area contributed by atoms with Gasteiger partial charge in [0.1, 0.15) is 10.6 Å². The molecule has 2 aromatic heterocycles. The van der Waals surface area contributed by atoms with Gasteiger partial charge in [-0.3, -0.25) is 0 Å². The van der Waals surface area contributed by atoms with Gasteiger partial charge < -0.3 is 10.4 Å². The van der Waals surface area contributed by atoms with Gasteiger partial charge in [0.15, 0.2) is 0 Å². The zero-order chi connectivity index (χ0) is 14.8. The van der Waals surface area contributed by atoms with E-state index in [1.54, 1.807) is 0 Å². The summed E-state index contributed by atoms with van der Waals surface area (Å²) in [6, 6.07) is 8.33. The van der Waals surface area contributed by atoms with Gasteiger partial charge >= 0.3 is 0 Å². The number of anilines is 1. The van der Waals surface area contributed by atoms with Crippen LogP contribution in [0, 0.1) is 6.92 Å². The zero-order valence-corrected chi connectivity index (χ0v) is 13.0. The largest absolute Gasteiger partial charge is 0.395 e. The van der Waals surface area contributed by atoms with Gasteiger partial charge in [-0.05, 0) is 24.1 Å². The maximum absolute atomic E-state index is 9.00. The number of hydrogen-bond donors (Lipinski definition) is 2. The highest BCUT2D eigenvalue weighted by Gasteiger charge is 2.14. The van der Waals surface area contributed by atoms with E-state index >= 15 is 0 Å². The Hall–Kier alpha value is -1.69. The Morgan fingerprint density at radius 2 is 2.00 bits per heavy atom. The Bertz CT molecular complexity index is 770. The Morgan fingerprint density at radius 1 is 1.24 bits per heavy atom. The molecule has 0 amide bonds. The minimum absolute atomic E-state index is 0.0348. The number of halogens is 1. The molecule has 0 spiro atoms. The summed E-state index contributed by atoms with van der Waals surface area (Å²) in [5.74, 6) is 0.663. The van der Waals surface area contributed by atoms with E-state index in [9.17, 15) is 0 Å². The molecule has 0 aliphatic carbocycles. The van der Waals surface area contributed by atoms with Crippen molar-refractivity contribution >= 4 is 39.0 Å². The van der Waals surface area contributed by atoms with Crippen LogP contribution in [0.25, 0.3) is 21.3 Å². The molecule has 0 aliphatic heterocycles. The van der Waals surface area contributed by atoms with Gasteiger partial charge in [0.05, 0.1) is 12.0 Å². The van der Waals surface area contributed by atoms with Gasteiger partial charge in [-0.2, -0.15) is 0 Å². The van der Waals surface area contributed by atoms with Crippen molar-refractivity contribution in [1.29, 1.82) is 0 Å². The van der Waals surface area contributed by atoms with Crippen LogP contribution in [0.15, 0.2) is 29.6 Å². The molecule has 2 heterocycles. The van der Waals surface area contributed by atoms with Crippen molar-refractivity contribution in [2.45, 2.75) is 6.92 Å². The highest BCUT2D eigenvalue weighted by atomic mass is 35.5. The molecule has 0 saturated carbocycles. The maximum Gasteiger partial charge on any atom is 0.225 e. The standard InChI is InChI=1S/C15H14ClN3OS/c1-9-2-4-10(5-3-9)11-8-21-14-12(11)13(17-6-7-20)18-15(16)19-14/h2-5,8,20H,6-7H2,1H3,(H,17,18,19). The average molecular weight is 320 g/mol. The van der Waals surface area contributed by atoms with E-state index in [0.717, 1.165) is 21.3 Å². The Labute approximate surface area is 131 Å². The molecule has 0 atom stereocenters. The number of rotatable bonds is 4. The summed E-state index contributed by atoms with van der Waals surface area (Å²) in [4.78, 5) is 9.37. The van der Waals surface area contributed by atoms with E-state index in [1.807, 2.05) is 0 Å². The van der Waals surface area contributed by atoms with E-state index in [0.29, 0.717) is 12.4 Å². The van der Waals surface area contributed by atoms with Crippen LogP contribution in [-0.4, -0.2) is 28.2 Å². The molecule has 0 bridgehead atoms. The lowest BCUT2D eigenvalue weighted by Crippen LogP contribution is -2.07. The van der Waals surface area contributed by atoms with Crippen LogP contribution in [0.5, 0.6) is 0 Å². The molecule has 4 nitrogen and oxygen atoms in total. The van der Waals surface area contributed by atoms with Crippen molar-refractivity contribution in [3.63, 3.8) is 0 Å². The summed E-state index contributed by atoms with van der Waals surface area (Å²) in [6.07, 6.45) is 0. The van der Waals surface area contributed by atoms with Crippen LogP contribution in [0.3, 0.4) is 0 Å². The van der Waals surface area contributed by atoms with E-state index in [4.69, 9.17) is 16.7 Å². The Kier molecular flexibility index (Phi) is 4.05. The lowest BCUT2D eigenvalue weighted by atomic mass is 10.0. The monoisotopic (exact) mass is 319 g/mol. The number of aryl methyl sites for hydroxylation is 1. The quantitative estimate of drug-likeness (QED) is 0.719. The summed E-state index contributed by atoms with van der Waals surface area (Å²) in [7, 11) is 0. The van der Waals surface area contributed by atoms with E-state index < -0.39 is 0 Å².